The van der Waals surface area contributed by atoms with Gasteiger partial charge in [-0.15, -0.1) is 0 Å². The van der Waals surface area contributed by atoms with Gasteiger partial charge in [0.05, 0.1) is 48.8 Å². The molecule has 7 rings (SSSR count). The van der Waals surface area contributed by atoms with Crippen molar-refractivity contribution in [2.45, 2.75) is 19.5 Å². The SMILES string of the molecule is CCOC(=O)C1=C(c2ccccc2)N=c2s/c(=C/c3cn(CC(=O)N4CCOCC4)c4ccccc34)c(=O)n2[C@H]1c1cccc(OC)c1. The van der Waals surface area contributed by atoms with E-state index in [1.54, 1.807) is 18.6 Å². The van der Waals surface area contributed by atoms with Crippen LogP contribution in [0.15, 0.2) is 100 Å². The van der Waals surface area contributed by atoms with Crippen LogP contribution in [0, 0.1) is 0 Å². The smallest absolute Gasteiger partial charge is 0.338 e. The molecule has 1 amide bonds. The van der Waals surface area contributed by atoms with Crippen LogP contribution in [0.1, 0.15) is 29.7 Å². The van der Waals surface area contributed by atoms with E-state index in [0.717, 1.165) is 22.0 Å². The Balaban J connectivity index is 1.41. The van der Waals surface area contributed by atoms with Gasteiger partial charge in [0.2, 0.25) is 5.91 Å². The van der Waals surface area contributed by atoms with Crippen LogP contribution >= 0.6 is 11.3 Å². The molecule has 1 fully saturated rings. The largest absolute Gasteiger partial charge is 0.497 e. The maximum Gasteiger partial charge on any atom is 0.338 e. The number of ether oxygens (including phenoxy) is 3. The molecule has 3 aromatic carbocycles. The lowest BCUT2D eigenvalue weighted by atomic mass is 9.93. The minimum absolute atomic E-state index is 0.0169. The highest BCUT2D eigenvalue weighted by Crippen LogP contribution is 2.36. The minimum Gasteiger partial charge on any atom is -0.497 e. The van der Waals surface area contributed by atoms with E-state index in [0.29, 0.717) is 52.6 Å². The summed E-state index contributed by atoms with van der Waals surface area (Å²) in [5.74, 6) is 0.0638. The van der Waals surface area contributed by atoms with E-state index in [4.69, 9.17) is 19.2 Å². The first-order valence-electron chi connectivity index (χ1n) is 15.8. The molecular weight excluding hydrogens is 628 g/mol. The number of methoxy groups -OCH3 is 1. The number of esters is 1. The predicted molar refractivity (Wildman–Crippen MR) is 183 cm³/mol. The molecule has 0 spiro atoms. The zero-order valence-corrected chi connectivity index (χ0v) is 27.4. The molecule has 5 aromatic rings. The second kappa shape index (κ2) is 13.5. The standard InChI is InChI=1S/C37H34N4O6S/c1-3-47-36(44)32-33(24-10-5-4-6-11-24)38-37-41(34(32)25-12-9-13-27(20-25)45-2)35(43)30(48-37)21-26-22-40(29-15-8-7-14-28(26)29)23-31(42)39-16-18-46-19-17-39/h4-15,20-22,34H,3,16-19,23H2,1-2H3/b30-21+/t34-/m0/s1. The average Bonchev–Trinajstić information content (AvgIpc) is 3.63. The van der Waals surface area contributed by atoms with E-state index >= 15 is 0 Å². The summed E-state index contributed by atoms with van der Waals surface area (Å²) in [4.78, 5) is 48.6. The monoisotopic (exact) mass is 662 g/mol. The number of para-hydroxylation sites is 1. The van der Waals surface area contributed by atoms with E-state index < -0.39 is 12.0 Å². The van der Waals surface area contributed by atoms with Gasteiger partial charge in [0.25, 0.3) is 5.56 Å². The number of amides is 1. The zero-order chi connectivity index (χ0) is 33.2. The van der Waals surface area contributed by atoms with Crippen LogP contribution in [-0.2, 0) is 25.6 Å². The summed E-state index contributed by atoms with van der Waals surface area (Å²) in [6.07, 6.45) is 3.76. The van der Waals surface area contributed by atoms with E-state index in [1.165, 1.54) is 11.3 Å². The molecule has 0 aliphatic carbocycles. The number of fused-ring (bicyclic) bond motifs is 2. The van der Waals surface area contributed by atoms with Crippen molar-refractivity contribution in [3.8, 4) is 5.75 Å². The van der Waals surface area contributed by atoms with Crippen molar-refractivity contribution < 1.29 is 23.8 Å². The Morgan fingerprint density at radius 3 is 2.56 bits per heavy atom. The molecule has 4 heterocycles. The third-order valence-electron chi connectivity index (χ3n) is 8.56. The van der Waals surface area contributed by atoms with Crippen LogP contribution < -0.4 is 19.6 Å². The van der Waals surface area contributed by atoms with Gasteiger partial charge < -0.3 is 23.7 Å². The summed E-state index contributed by atoms with van der Waals surface area (Å²) < 4.78 is 20.5. The Bertz CT molecular complexity index is 2230. The number of rotatable bonds is 8. The zero-order valence-electron chi connectivity index (χ0n) is 26.6. The Labute approximate surface area is 280 Å². The first-order valence-corrected chi connectivity index (χ1v) is 16.6. The maximum atomic E-state index is 14.4. The highest BCUT2D eigenvalue weighted by molar-refractivity contribution is 7.07. The number of aromatic nitrogens is 2. The lowest BCUT2D eigenvalue weighted by Gasteiger charge is -2.27. The summed E-state index contributed by atoms with van der Waals surface area (Å²) in [6, 6.07) is 23.8. The second-order valence-electron chi connectivity index (χ2n) is 11.4. The van der Waals surface area contributed by atoms with Crippen molar-refractivity contribution in [3.63, 3.8) is 0 Å². The molecule has 2 aromatic heterocycles. The van der Waals surface area contributed by atoms with Crippen LogP contribution in [0.4, 0.5) is 0 Å². The molecule has 0 N–H and O–H groups in total. The number of nitrogens with zero attached hydrogens (tertiary/aromatic N) is 4. The number of carbonyl (C=O) groups excluding carboxylic acids is 2. The molecule has 48 heavy (non-hydrogen) atoms. The quantitative estimate of drug-likeness (QED) is 0.235. The normalized spacial score (nSPS) is 16.5. The van der Waals surface area contributed by atoms with Crippen molar-refractivity contribution in [1.82, 2.24) is 14.0 Å². The van der Waals surface area contributed by atoms with E-state index in [2.05, 4.69) is 0 Å². The van der Waals surface area contributed by atoms with Crippen LogP contribution in [0.3, 0.4) is 0 Å². The first-order chi connectivity index (χ1) is 23.5. The molecule has 1 saturated heterocycles. The highest BCUT2D eigenvalue weighted by Gasteiger charge is 2.35. The fourth-order valence-corrected chi connectivity index (χ4v) is 7.28. The number of hydrogen-bond donors (Lipinski definition) is 0. The van der Waals surface area contributed by atoms with Gasteiger partial charge in [-0.1, -0.05) is 72.0 Å². The van der Waals surface area contributed by atoms with Gasteiger partial charge in [-0.3, -0.25) is 14.2 Å². The van der Waals surface area contributed by atoms with Gasteiger partial charge in [-0.05, 0) is 36.8 Å². The molecule has 2 aliphatic heterocycles. The van der Waals surface area contributed by atoms with E-state index in [9.17, 15) is 14.4 Å². The number of carbonyl (C=O) groups is 2. The maximum absolute atomic E-state index is 14.4. The molecular formula is C37H34N4O6S. The van der Waals surface area contributed by atoms with Crippen LogP contribution in [0.25, 0.3) is 22.7 Å². The summed E-state index contributed by atoms with van der Waals surface area (Å²) in [5.41, 5.74) is 3.55. The van der Waals surface area contributed by atoms with Crippen molar-refractivity contribution in [1.29, 1.82) is 0 Å². The molecule has 0 bridgehead atoms. The van der Waals surface area contributed by atoms with Gasteiger partial charge in [0.1, 0.15) is 12.3 Å². The fraction of sp³-hybridized carbons (Fsp3) is 0.243. The summed E-state index contributed by atoms with van der Waals surface area (Å²) in [5, 5.41) is 0.916. The number of hydrogen-bond acceptors (Lipinski definition) is 8. The Morgan fingerprint density at radius 1 is 1.02 bits per heavy atom. The van der Waals surface area contributed by atoms with Gasteiger partial charge >= 0.3 is 5.97 Å². The molecule has 11 heteroatoms. The summed E-state index contributed by atoms with van der Waals surface area (Å²) >= 11 is 1.26. The van der Waals surface area contributed by atoms with Gasteiger partial charge in [-0.2, -0.15) is 0 Å². The van der Waals surface area contributed by atoms with Gasteiger partial charge in [0, 0.05) is 41.3 Å². The van der Waals surface area contributed by atoms with Crippen molar-refractivity contribution in [2.75, 3.05) is 40.0 Å². The summed E-state index contributed by atoms with van der Waals surface area (Å²) in [7, 11) is 1.58. The van der Waals surface area contributed by atoms with Crippen molar-refractivity contribution in [3.05, 3.63) is 127 Å². The third kappa shape index (κ3) is 5.86. The van der Waals surface area contributed by atoms with E-state index in [1.807, 2.05) is 101 Å². The first kappa shape index (κ1) is 31.3. The van der Waals surface area contributed by atoms with Crippen LogP contribution in [0.5, 0.6) is 5.75 Å². The van der Waals surface area contributed by atoms with Crippen molar-refractivity contribution in [2.24, 2.45) is 4.99 Å². The summed E-state index contributed by atoms with van der Waals surface area (Å²) in [6.45, 7) is 4.29. The minimum atomic E-state index is -0.819. The lowest BCUT2D eigenvalue weighted by molar-refractivity contribution is -0.139. The van der Waals surface area contributed by atoms with Crippen molar-refractivity contribution >= 4 is 45.9 Å². The van der Waals surface area contributed by atoms with Gasteiger partial charge in [0.15, 0.2) is 4.80 Å². The molecule has 244 valence electrons. The highest BCUT2D eigenvalue weighted by atomic mass is 32.1. The fourth-order valence-electron chi connectivity index (χ4n) is 6.29. The Hall–Kier alpha value is -5.26. The molecule has 10 nitrogen and oxygen atoms in total. The Morgan fingerprint density at radius 2 is 1.79 bits per heavy atom. The molecule has 0 radical (unpaired) electrons. The number of thiazole rings is 1. The number of morpholine rings is 1. The number of benzene rings is 3. The van der Waals surface area contributed by atoms with E-state index in [-0.39, 0.29) is 30.2 Å². The Kier molecular flexibility index (Phi) is 8.79. The molecule has 1 atom stereocenters. The predicted octanol–water partition coefficient (Wildman–Crippen LogP) is 3.76. The second-order valence-corrected chi connectivity index (χ2v) is 12.4. The topological polar surface area (TPSA) is 104 Å². The average molecular weight is 663 g/mol. The molecule has 0 saturated carbocycles. The third-order valence-corrected chi connectivity index (χ3v) is 9.54. The molecule has 0 unspecified atom stereocenters. The lowest BCUT2D eigenvalue weighted by Crippen LogP contribution is -2.42. The van der Waals surface area contributed by atoms with Crippen LogP contribution in [0.2, 0.25) is 0 Å². The molecule has 2 aliphatic rings. The van der Waals surface area contributed by atoms with Crippen LogP contribution in [-0.4, -0.2) is 65.9 Å². The van der Waals surface area contributed by atoms with Gasteiger partial charge in [-0.25, -0.2) is 9.79 Å².